The smallest absolute Gasteiger partial charge is 0.323 e. The molecule has 3 N–H and O–H groups in total. The number of para-hydroxylation sites is 1. The molecule has 1 aliphatic rings. The summed E-state index contributed by atoms with van der Waals surface area (Å²) in [5.74, 6) is -0.118. The Morgan fingerprint density at radius 1 is 1.36 bits per heavy atom. The van der Waals surface area contributed by atoms with Crippen LogP contribution in [0.3, 0.4) is 0 Å². The number of nitrogens with one attached hydrogen (secondary N) is 2. The molecule has 3 heterocycles. The lowest BCUT2D eigenvalue weighted by molar-refractivity contribution is 0.0673. The van der Waals surface area contributed by atoms with Crippen molar-refractivity contribution < 1.29 is 9.90 Å². The fourth-order valence-electron chi connectivity index (χ4n) is 3.33. The summed E-state index contributed by atoms with van der Waals surface area (Å²) in [7, 11) is 0. The quantitative estimate of drug-likeness (QED) is 0.637. The van der Waals surface area contributed by atoms with E-state index in [9.17, 15) is 9.59 Å². The lowest BCUT2D eigenvalue weighted by Gasteiger charge is -2.32. The number of imidazole rings is 1. The van der Waals surface area contributed by atoms with Gasteiger partial charge in [0, 0.05) is 13.1 Å². The van der Waals surface area contributed by atoms with Gasteiger partial charge in [0.2, 0.25) is 0 Å². The van der Waals surface area contributed by atoms with E-state index in [0.717, 1.165) is 12.8 Å². The van der Waals surface area contributed by atoms with Crippen molar-refractivity contribution in [2.24, 2.45) is 0 Å². The first kappa shape index (κ1) is 15.6. The maximum Gasteiger partial charge on any atom is 0.323 e. The minimum Gasteiger partial charge on any atom is -0.390 e. The minimum atomic E-state index is -0.328. The highest BCUT2D eigenvalue weighted by atomic mass is 16.3. The number of benzene rings is 1. The molecule has 1 amide bonds. The third-order valence-electron chi connectivity index (χ3n) is 4.56. The van der Waals surface area contributed by atoms with E-state index in [1.807, 2.05) is 0 Å². The molecule has 0 aliphatic carbocycles. The first-order valence-electron chi connectivity index (χ1n) is 8.17. The molecular formula is C16H18N6O3. The highest BCUT2D eigenvalue weighted by Crippen LogP contribution is 2.24. The van der Waals surface area contributed by atoms with Crippen LogP contribution in [0, 0.1) is 0 Å². The second kappa shape index (κ2) is 6.17. The lowest BCUT2D eigenvalue weighted by atomic mass is 10.0. The Kier molecular flexibility index (Phi) is 3.85. The molecule has 4 rings (SSSR count). The Morgan fingerprint density at radius 3 is 3.04 bits per heavy atom. The van der Waals surface area contributed by atoms with Gasteiger partial charge in [-0.25, -0.2) is 9.48 Å². The number of rotatable bonds is 3. The second-order valence-corrected chi connectivity index (χ2v) is 6.20. The van der Waals surface area contributed by atoms with Crippen LogP contribution in [-0.4, -0.2) is 54.0 Å². The minimum absolute atomic E-state index is 0.0231. The Hall–Kier alpha value is -2.94. The van der Waals surface area contributed by atoms with E-state index in [1.54, 1.807) is 34.0 Å². The molecule has 1 aromatic carbocycles. The van der Waals surface area contributed by atoms with E-state index < -0.39 is 0 Å². The molecular weight excluding hydrogens is 324 g/mol. The van der Waals surface area contributed by atoms with Crippen LogP contribution in [-0.2, 0) is 6.61 Å². The number of aliphatic hydroxyl groups is 1. The van der Waals surface area contributed by atoms with Crippen molar-refractivity contribution in [1.82, 2.24) is 29.9 Å². The normalized spacial score (nSPS) is 18.0. The number of nitrogens with zero attached hydrogens (tertiary/aromatic N) is 4. The molecule has 9 heteroatoms. The molecule has 1 atom stereocenters. The average molecular weight is 342 g/mol. The summed E-state index contributed by atoms with van der Waals surface area (Å²) < 4.78 is 1.71. The van der Waals surface area contributed by atoms with E-state index in [2.05, 4.69) is 20.3 Å². The second-order valence-electron chi connectivity index (χ2n) is 6.20. The number of likely N-dealkylation sites (tertiary alicyclic amines) is 1. The third-order valence-corrected chi connectivity index (χ3v) is 4.56. The van der Waals surface area contributed by atoms with Crippen LogP contribution in [0.2, 0.25) is 0 Å². The predicted molar refractivity (Wildman–Crippen MR) is 89.0 cm³/mol. The van der Waals surface area contributed by atoms with Gasteiger partial charge in [-0.15, -0.1) is 5.10 Å². The number of carbonyl (C=O) groups is 1. The number of fused-ring (bicyclic) bond motifs is 1. The van der Waals surface area contributed by atoms with E-state index in [0.29, 0.717) is 35.4 Å². The number of carbonyl (C=O) groups excluding carboxylic acids is 1. The third kappa shape index (κ3) is 2.82. The van der Waals surface area contributed by atoms with Crippen molar-refractivity contribution in [2.75, 3.05) is 13.1 Å². The van der Waals surface area contributed by atoms with E-state index in [1.165, 1.54) is 0 Å². The molecule has 2 aromatic heterocycles. The molecule has 3 aromatic rings. The number of aromatic nitrogens is 5. The largest absolute Gasteiger partial charge is 0.390 e. The number of H-pyrrole nitrogens is 2. The lowest BCUT2D eigenvalue weighted by Crippen LogP contribution is -2.41. The van der Waals surface area contributed by atoms with Gasteiger partial charge in [-0.1, -0.05) is 11.3 Å². The van der Waals surface area contributed by atoms with Gasteiger partial charge >= 0.3 is 5.69 Å². The van der Waals surface area contributed by atoms with Crippen molar-refractivity contribution >= 4 is 16.9 Å². The molecule has 1 unspecified atom stereocenters. The first-order chi connectivity index (χ1) is 12.2. The van der Waals surface area contributed by atoms with Crippen LogP contribution in [0.1, 0.15) is 34.9 Å². The zero-order valence-electron chi connectivity index (χ0n) is 13.5. The monoisotopic (exact) mass is 342 g/mol. The molecule has 130 valence electrons. The van der Waals surface area contributed by atoms with E-state index in [-0.39, 0.29) is 24.2 Å². The van der Waals surface area contributed by atoms with Crippen LogP contribution in [0.15, 0.2) is 29.2 Å². The molecule has 1 saturated heterocycles. The van der Waals surface area contributed by atoms with Crippen molar-refractivity contribution in [3.8, 4) is 0 Å². The zero-order chi connectivity index (χ0) is 17.4. The van der Waals surface area contributed by atoms with Gasteiger partial charge in [0.15, 0.2) is 0 Å². The molecule has 1 fully saturated rings. The van der Waals surface area contributed by atoms with Crippen molar-refractivity contribution in [3.63, 3.8) is 0 Å². The van der Waals surface area contributed by atoms with Crippen molar-refractivity contribution in [1.29, 1.82) is 0 Å². The maximum atomic E-state index is 13.0. The summed E-state index contributed by atoms with van der Waals surface area (Å²) in [5, 5.41) is 17.1. The van der Waals surface area contributed by atoms with Crippen LogP contribution in [0.5, 0.6) is 0 Å². The fraction of sp³-hybridized carbons (Fsp3) is 0.375. The standard InChI is InChI=1S/C16H18N6O3/c23-9-10-7-22(20-19-10)11-3-2-6-21(8-11)15(24)12-4-1-5-13-14(12)18-16(25)17-13/h1,4-5,7,11,23H,2-3,6,8-9H2,(H2,17,18,25). The van der Waals surface area contributed by atoms with Crippen LogP contribution in [0.25, 0.3) is 11.0 Å². The van der Waals surface area contributed by atoms with E-state index >= 15 is 0 Å². The molecule has 0 spiro atoms. The Morgan fingerprint density at radius 2 is 2.24 bits per heavy atom. The topological polar surface area (TPSA) is 120 Å². The van der Waals surface area contributed by atoms with Gasteiger partial charge in [0.05, 0.1) is 35.4 Å². The Balaban J connectivity index is 1.60. The number of piperidine rings is 1. The summed E-state index contributed by atoms with van der Waals surface area (Å²) in [6, 6.07) is 5.26. The molecule has 0 bridgehead atoms. The highest BCUT2D eigenvalue weighted by molar-refractivity contribution is 6.04. The van der Waals surface area contributed by atoms with Crippen LogP contribution >= 0.6 is 0 Å². The summed E-state index contributed by atoms with van der Waals surface area (Å²) in [6.45, 7) is 1.01. The maximum absolute atomic E-state index is 13.0. The van der Waals surface area contributed by atoms with Crippen LogP contribution in [0.4, 0.5) is 0 Å². The van der Waals surface area contributed by atoms with Gasteiger partial charge in [-0.3, -0.25) is 4.79 Å². The van der Waals surface area contributed by atoms with Crippen molar-refractivity contribution in [2.45, 2.75) is 25.5 Å². The summed E-state index contributed by atoms with van der Waals surface area (Å²) in [6.07, 6.45) is 3.45. The molecule has 9 nitrogen and oxygen atoms in total. The Bertz CT molecular complexity index is 972. The van der Waals surface area contributed by atoms with Crippen molar-refractivity contribution in [3.05, 3.63) is 46.1 Å². The average Bonchev–Trinajstić information content (AvgIpc) is 3.26. The molecule has 0 radical (unpaired) electrons. The number of amides is 1. The number of aliphatic hydroxyl groups excluding tert-OH is 1. The SMILES string of the molecule is O=C(c1cccc2[nH]c(=O)[nH]c12)N1CCCC(n2cc(CO)nn2)C1. The van der Waals surface area contributed by atoms with Gasteiger partial charge < -0.3 is 20.0 Å². The van der Waals surface area contributed by atoms with Gasteiger partial charge in [0.25, 0.3) is 5.91 Å². The highest BCUT2D eigenvalue weighted by Gasteiger charge is 2.27. The summed E-state index contributed by atoms with van der Waals surface area (Å²) in [5.41, 5.74) is 1.81. The Labute approximate surface area is 142 Å². The van der Waals surface area contributed by atoms with Gasteiger partial charge in [0.1, 0.15) is 5.69 Å². The predicted octanol–water partition coefficient (Wildman–Crippen LogP) is 0.417. The van der Waals surface area contributed by atoms with Gasteiger partial charge in [-0.05, 0) is 25.0 Å². The zero-order valence-corrected chi connectivity index (χ0v) is 13.5. The number of aromatic amines is 2. The molecule has 0 saturated carbocycles. The molecule has 1 aliphatic heterocycles. The van der Waals surface area contributed by atoms with Gasteiger partial charge in [-0.2, -0.15) is 0 Å². The summed E-state index contributed by atoms with van der Waals surface area (Å²) >= 11 is 0. The molecule has 25 heavy (non-hydrogen) atoms. The summed E-state index contributed by atoms with van der Waals surface area (Å²) in [4.78, 5) is 31.6. The van der Waals surface area contributed by atoms with E-state index in [4.69, 9.17) is 5.11 Å². The number of hydrogen-bond acceptors (Lipinski definition) is 5. The van der Waals surface area contributed by atoms with Crippen LogP contribution < -0.4 is 5.69 Å². The fourth-order valence-corrected chi connectivity index (χ4v) is 3.33. The number of hydrogen-bond donors (Lipinski definition) is 3. The first-order valence-corrected chi connectivity index (χ1v) is 8.17.